The Morgan fingerprint density at radius 3 is 2.57 bits per heavy atom. The molecule has 0 bridgehead atoms. The molecule has 1 amide bonds. The molecule has 0 aliphatic carbocycles. The molecule has 1 heterocycles. The first kappa shape index (κ1) is 11.4. The normalized spacial score (nSPS) is 18.6. The minimum atomic E-state index is -2.87. The molecule has 1 saturated heterocycles. The second-order valence-corrected chi connectivity index (χ2v) is 3.71. The number of carbonyl (C=O) groups is 1. The van der Waals surface area contributed by atoms with E-state index < -0.39 is 12.3 Å². The van der Waals surface area contributed by atoms with Crippen LogP contribution in [-0.2, 0) is 4.79 Å². The van der Waals surface area contributed by atoms with Gasteiger partial charge in [-0.25, -0.2) is 0 Å². The Bertz CT molecular complexity index is 193. The highest BCUT2D eigenvalue weighted by Gasteiger charge is 2.23. The predicted molar refractivity (Wildman–Crippen MR) is 49.2 cm³/mol. The van der Waals surface area contributed by atoms with Crippen LogP contribution in [-0.4, -0.2) is 43.9 Å². The van der Waals surface area contributed by atoms with Crippen molar-refractivity contribution in [1.82, 2.24) is 10.2 Å². The van der Waals surface area contributed by atoms with Crippen LogP contribution in [0, 0.1) is 5.92 Å². The van der Waals surface area contributed by atoms with Gasteiger partial charge in [-0.2, -0.15) is 8.78 Å². The van der Waals surface area contributed by atoms with Crippen molar-refractivity contribution in [2.75, 3.05) is 26.7 Å². The Labute approximate surface area is 82.5 Å². The molecular weight excluding hydrogens is 190 g/mol. The summed E-state index contributed by atoms with van der Waals surface area (Å²) in [4.78, 5) is 12.0. The molecule has 1 N–H and O–H groups in total. The molecule has 0 aromatic rings. The monoisotopic (exact) mass is 206 g/mol. The van der Waals surface area contributed by atoms with Crippen LogP contribution in [0.25, 0.3) is 0 Å². The summed E-state index contributed by atoms with van der Waals surface area (Å²) >= 11 is 0. The van der Waals surface area contributed by atoms with Crippen molar-refractivity contribution in [2.45, 2.75) is 19.3 Å². The highest BCUT2D eigenvalue weighted by atomic mass is 19.3. The largest absolute Gasteiger partial charge is 0.341 e. The number of alkyl halides is 2. The van der Waals surface area contributed by atoms with Gasteiger partial charge in [0, 0.05) is 13.6 Å². The van der Waals surface area contributed by atoms with Crippen LogP contribution < -0.4 is 5.32 Å². The Morgan fingerprint density at radius 2 is 2.07 bits per heavy atom. The van der Waals surface area contributed by atoms with Gasteiger partial charge in [0.15, 0.2) is 0 Å². The van der Waals surface area contributed by atoms with Gasteiger partial charge in [0.25, 0.3) is 5.91 Å². The molecule has 0 aromatic heterocycles. The third-order valence-electron chi connectivity index (χ3n) is 2.55. The quantitative estimate of drug-likeness (QED) is 0.737. The summed E-state index contributed by atoms with van der Waals surface area (Å²) in [5, 5.41) is 3.19. The van der Waals surface area contributed by atoms with Crippen molar-refractivity contribution >= 4 is 5.91 Å². The van der Waals surface area contributed by atoms with Gasteiger partial charge in [0.05, 0.1) is 0 Å². The van der Waals surface area contributed by atoms with E-state index in [1.54, 1.807) is 0 Å². The molecular formula is C9H16F2N2O. The fourth-order valence-electron chi connectivity index (χ4n) is 1.71. The van der Waals surface area contributed by atoms with Gasteiger partial charge in [-0.05, 0) is 31.8 Å². The lowest BCUT2D eigenvalue weighted by Crippen LogP contribution is -2.39. The van der Waals surface area contributed by atoms with E-state index in [2.05, 4.69) is 5.32 Å². The molecule has 1 fully saturated rings. The number of amides is 1. The Hall–Kier alpha value is -0.710. The maximum Gasteiger partial charge on any atom is 0.315 e. The van der Waals surface area contributed by atoms with E-state index >= 15 is 0 Å². The second-order valence-electron chi connectivity index (χ2n) is 3.71. The third-order valence-corrected chi connectivity index (χ3v) is 2.55. The summed E-state index contributed by atoms with van der Waals surface area (Å²) < 4.78 is 24.1. The van der Waals surface area contributed by atoms with Gasteiger partial charge in [-0.3, -0.25) is 4.79 Å². The minimum Gasteiger partial charge on any atom is -0.341 e. The van der Waals surface area contributed by atoms with E-state index in [4.69, 9.17) is 0 Å². The van der Waals surface area contributed by atoms with Crippen LogP contribution in [0.4, 0.5) is 8.78 Å². The van der Waals surface area contributed by atoms with Crippen molar-refractivity contribution in [3.05, 3.63) is 0 Å². The lowest BCUT2D eigenvalue weighted by Gasteiger charge is -2.27. The third kappa shape index (κ3) is 3.21. The Morgan fingerprint density at radius 1 is 1.50 bits per heavy atom. The first-order valence-electron chi connectivity index (χ1n) is 4.85. The molecule has 3 nitrogen and oxygen atoms in total. The van der Waals surface area contributed by atoms with E-state index in [9.17, 15) is 13.6 Å². The van der Waals surface area contributed by atoms with Crippen LogP contribution in [0.1, 0.15) is 12.8 Å². The molecule has 0 atom stereocenters. The lowest BCUT2D eigenvalue weighted by atomic mass is 9.98. The molecule has 1 aliphatic heterocycles. The number of halogens is 2. The fraction of sp³-hybridized carbons (Fsp3) is 0.889. The maximum absolute atomic E-state index is 12.0. The van der Waals surface area contributed by atoms with Crippen LogP contribution in [0.3, 0.4) is 0 Å². The zero-order chi connectivity index (χ0) is 10.6. The highest BCUT2D eigenvalue weighted by molar-refractivity contribution is 5.78. The van der Waals surface area contributed by atoms with Gasteiger partial charge < -0.3 is 10.2 Å². The van der Waals surface area contributed by atoms with Crippen molar-refractivity contribution < 1.29 is 13.6 Å². The first-order valence-corrected chi connectivity index (χ1v) is 4.85. The maximum atomic E-state index is 12.0. The summed E-state index contributed by atoms with van der Waals surface area (Å²) in [6.07, 6.45) is -0.955. The average Bonchev–Trinajstić information content (AvgIpc) is 2.18. The second kappa shape index (κ2) is 5.24. The number of rotatable bonds is 3. The molecule has 0 unspecified atom stereocenters. The van der Waals surface area contributed by atoms with Crippen LogP contribution in [0.5, 0.6) is 0 Å². The Balaban J connectivity index is 2.31. The van der Waals surface area contributed by atoms with Gasteiger partial charge in [-0.1, -0.05) is 0 Å². The standard InChI is InChI=1S/C9H16F2N2O/c1-13(9(14)8(10)11)6-7-2-4-12-5-3-7/h7-8,12H,2-6H2,1H3. The predicted octanol–water partition coefficient (Wildman–Crippen LogP) is 0.709. The van der Waals surface area contributed by atoms with Crippen molar-refractivity contribution in [3.8, 4) is 0 Å². The molecule has 1 aliphatic rings. The molecule has 0 radical (unpaired) electrons. The van der Waals surface area contributed by atoms with Crippen LogP contribution in [0.2, 0.25) is 0 Å². The van der Waals surface area contributed by atoms with E-state index in [0.29, 0.717) is 12.5 Å². The zero-order valence-corrected chi connectivity index (χ0v) is 8.30. The van der Waals surface area contributed by atoms with E-state index in [1.165, 1.54) is 7.05 Å². The topological polar surface area (TPSA) is 32.3 Å². The van der Waals surface area contributed by atoms with Crippen molar-refractivity contribution in [3.63, 3.8) is 0 Å². The summed E-state index contributed by atoms with van der Waals surface area (Å²) in [7, 11) is 1.44. The first-order chi connectivity index (χ1) is 6.61. The highest BCUT2D eigenvalue weighted by Crippen LogP contribution is 2.13. The van der Waals surface area contributed by atoms with Crippen LogP contribution in [0.15, 0.2) is 0 Å². The molecule has 1 rings (SSSR count). The number of nitrogens with one attached hydrogen (secondary N) is 1. The number of hydrogen-bond donors (Lipinski definition) is 1. The molecule has 5 heteroatoms. The van der Waals surface area contributed by atoms with Crippen molar-refractivity contribution in [2.24, 2.45) is 5.92 Å². The molecule has 0 saturated carbocycles. The lowest BCUT2D eigenvalue weighted by molar-refractivity contribution is -0.142. The van der Waals surface area contributed by atoms with E-state index in [-0.39, 0.29) is 0 Å². The number of carbonyl (C=O) groups excluding carboxylic acids is 1. The summed E-state index contributed by atoms with van der Waals surface area (Å²) in [6.45, 7) is 2.29. The van der Waals surface area contributed by atoms with Crippen LogP contribution >= 0.6 is 0 Å². The zero-order valence-electron chi connectivity index (χ0n) is 8.30. The summed E-state index contributed by atoms with van der Waals surface area (Å²) in [5.41, 5.74) is 0. The van der Waals surface area contributed by atoms with Gasteiger partial charge in [0.1, 0.15) is 0 Å². The number of nitrogens with zero attached hydrogens (tertiary/aromatic N) is 1. The van der Waals surface area contributed by atoms with Gasteiger partial charge >= 0.3 is 6.43 Å². The van der Waals surface area contributed by atoms with E-state index in [1.807, 2.05) is 0 Å². The Kier molecular flexibility index (Phi) is 4.25. The molecule has 0 spiro atoms. The number of piperidine rings is 1. The molecule has 82 valence electrons. The number of hydrogen-bond acceptors (Lipinski definition) is 2. The SMILES string of the molecule is CN(CC1CCNCC1)C(=O)C(F)F. The van der Waals surface area contributed by atoms with Gasteiger partial charge in [-0.15, -0.1) is 0 Å². The summed E-state index contributed by atoms with van der Waals surface area (Å²) in [5.74, 6) is -0.701. The smallest absolute Gasteiger partial charge is 0.315 e. The fourth-order valence-corrected chi connectivity index (χ4v) is 1.71. The minimum absolute atomic E-state index is 0.365. The van der Waals surface area contributed by atoms with E-state index in [0.717, 1.165) is 30.8 Å². The molecule has 0 aromatic carbocycles. The summed E-state index contributed by atoms with van der Waals surface area (Å²) in [6, 6.07) is 0. The molecule has 14 heavy (non-hydrogen) atoms. The van der Waals surface area contributed by atoms with Gasteiger partial charge in [0.2, 0.25) is 0 Å². The average molecular weight is 206 g/mol. The van der Waals surface area contributed by atoms with Crippen molar-refractivity contribution in [1.29, 1.82) is 0 Å².